The minimum absolute atomic E-state index is 0.0754. The molecule has 125 valence electrons. The monoisotopic (exact) mass is 383 g/mol. The molecule has 0 unspecified atom stereocenters. The van der Waals surface area contributed by atoms with Crippen molar-refractivity contribution in [1.29, 1.82) is 0 Å². The van der Waals surface area contributed by atoms with Crippen molar-refractivity contribution in [2.24, 2.45) is 15.7 Å². The summed E-state index contributed by atoms with van der Waals surface area (Å²) in [6.07, 6.45) is 0. The number of oxime groups is 2. The SMILES string of the molecule is C/C(=N\O)[C@H](C)[N-]CC(C)(C)C[N-][C@@H](C)/C(C)=N/O.[O]=[Tc]. The Morgan fingerprint density at radius 2 is 1.29 bits per heavy atom. The second-order valence-corrected chi connectivity index (χ2v) is 5.68. The minimum atomic E-state index is -0.0950. The Morgan fingerprint density at radius 3 is 1.52 bits per heavy atom. The molecule has 0 aliphatic carbocycles. The molecule has 0 rings (SSSR count). The third-order valence-electron chi connectivity index (χ3n) is 3.11. The number of rotatable bonds is 8. The van der Waals surface area contributed by atoms with Crippen LogP contribution < -0.4 is 0 Å². The molecule has 0 radical (unpaired) electrons. The van der Waals surface area contributed by atoms with Gasteiger partial charge >= 0.3 is 22.4 Å². The molecule has 2 N–H and O–H groups in total. The zero-order chi connectivity index (χ0) is 17.1. The molecule has 0 aliphatic heterocycles. The summed E-state index contributed by atoms with van der Waals surface area (Å²) in [6, 6.07) is -0.190. The van der Waals surface area contributed by atoms with Gasteiger partial charge in [0.1, 0.15) is 0 Å². The van der Waals surface area contributed by atoms with Crippen molar-refractivity contribution >= 4 is 11.4 Å². The Morgan fingerprint density at radius 1 is 1.00 bits per heavy atom. The normalized spacial score (nSPS) is 15.9. The van der Waals surface area contributed by atoms with Crippen LogP contribution in [-0.4, -0.2) is 47.0 Å². The molecule has 0 saturated carbocycles. The summed E-state index contributed by atoms with van der Waals surface area (Å²) >= 11 is 0.900. The molecule has 0 spiro atoms. The van der Waals surface area contributed by atoms with E-state index in [1.165, 1.54) is 0 Å². The first-order valence-corrected chi connectivity index (χ1v) is 7.35. The molecule has 0 aromatic carbocycles. The van der Waals surface area contributed by atoms with Crippen molar-refractivity contribution in [3.8, 4) is 0 Å². The van der Waals surface area contributed by atoms with Crippen LogP contribution in [0.25, 0.3) is 10.6 Å². The summed E-state index contributed by atoms with van der Waals surface area (Å²) < 4.78 is 8.22. The molecule has 0 aliphatic rings. The molecule has 21 heavy (non-hydrogen) atoms. The Kier molecular flexibility index (Phi) is 12.8. The Hall–Kier alpha value is -0.691. The van der Waals surface area contributed by atoms with E-state index in [-0.39, 0.29) is 17.5 Å². The summed E-state index contributed by atoms with van der Waals surface area (Å²) in [6.45, 7) is 12.7. The van der Waals surface area contributed by atoms with E-state index in [1.807, 2.05) is 13.8 Å². The van der Waals surface area contributed by atoms with Crippen LogP contribution in [0.5, 0.6) is 0 Å². The van der Waals surface area contributed by atoms with Crippen LogP contribution in [0.4, 0.5) is 0 Å². The van der Waals surface area contributed by atoms with Crippen LogP contribution in [0.1, 0.15) is 41.5 Å². The van der Waals surface area contributed by atoms with Crippen molar-refractivity contribution in [3.63, 3.8) is 0 Å². The van der Waals surface area contributed by atoms with Gasteiger partial charge in [-0.3, -0.25) is 0 Å². The van der Waals surface area contributed by atoms with Crippen molar-refractivity contribution < 1.29 is 32.8 Å². The average molecular weight is 384 g/mol. The Bertz CT molecular complexity index is 318. The zero-order valence-electron chi connectivity index (χ0n) is 13.5. The molecule has 0 aromatic rings. The van der Waals surface area contributed by atoms with E-state index < -0.39 is 0 Å². The van der Waals surface area contributed by atoms with Gasteiger partial charge in [0.15, 0.2) is 0 Å². The molecular weight excluding hydrogens is 358 g/mol. The van der Waals surface area contributed by atoms with Crippen LogP contribution in [0, 0.1) is 5.41 Å². The fraction of sp³-hybridized carbons (Fsp3) is 0.846. The van der Waals surface area contributed by atoms with Gasteiger partial charge in [0.2, 0.25) is 0 Å². The van der Waals surface area contributed by atoms with E-state index in [2.05, 4.69) is 34.8 Å². The second kappa shape index (κ2) is 11.9. The molecule has 2 atom stereocenters. The van der Waals surface area contributed by atoms with E-state index in [9.17, 15) is 0 Å². The molecular formula is C13H26N4O3Tc-2. The van der Waals surface area contributed by atoms with E-state index in [4.69, 9.17) is 13.9 Å². The van der Waals surface area contributed by atoms with E-state index in [0.717, 1.165) is 18.9 Å². The standard InChI is InChI=1S/C13H26N4O2.O.Tc/c1-9(11(3)16-18)14-7-13(5,6)8-15-10(2)12(4)17-19;;/h9-10,18-19H,7-8H2,1-6H3;;/q-2;;/b16-11+,17-12+;;/t9-,10-;;/m0../s1. The van der Waals surface area contributed by atoms with E-state index >= 15 is 0 Å². The van der Waals surface area contributed by atoms with Crippen molar-refractivity contribution in [3.05, 3.63) is 10.6 Å². The first-order valence-electron chi connectivity index (χ1n) is 6.59. The van der Waals surface area contributed by atoms with Gasteiger partial charge in [0, 0.05) is 11.4 Å². The zero-order valence-corrected chi connectivity index (χ0v) is 15.4. The topological polar surface area (TPSA) is 110 Å². The molecule has 7 nitrogen and oxygen atoms in total. The molecule has 0 heterocycles. The average Bonchev–Trinajstić information content (AvgIpc) is 2.50. The third-order valence-corrected chi connectivity index (χ3v) is 3.11. The van der Waals surface area contributed by atoms with Crippen LogP contribution in [0.2, 0.25) is 0 Å². The summed E-state index contributed by atoms with van der Waals surface area (Å²) in [7, 11) is 0. The molecule has 0 amide bonds. The van der Waals surface area contributed by atoms with Crippen molar-refractivity contribution in [2.75, 3.05) is 13.1 Å². The Labute approximate surface area is 137 Å². The summed E-state index contributed by atoms with van der Waals surface area (Å²) in [5, 5.41) is 32.6. The maximum atomic E-state index is 8.67. The van der Waals surface area contributed by atoms with Crippen LogP contribution in [-0.2, 0) is 22.4 Å². The van der Waals surface area contributed by atoms with Crippen molar-refractivity contribution in [1.82, 2.24) is 0 Å². The number of nitrogens with zero attached hydrogens (tertiary/aromatic N) is 4. The van der Waals surface area contributed by atoms with Gasteiger partial charge < -0.3 is 21.0 Å². The van der Waals surface area contributed by atoms with Crippen LogP contribution >= 0.6 is 0 Å². The van der Waals surface area contributed by atoms with Gasteiger partial charge in [-0.25, -0.2) is 0 Å². The first kappa shape index (κ1) is 22.6. The summed E-state index contributed by atoms with van der Waals surface area (Å²) in [5.74, 6) is 0. The number of hydrogen-bond acceptors (Lipinski definition) is 5. The predicted molar refractivity (Wildman–Crippen MR) is 79.6 cm³/mol. The first-order chi connectivity index (χ1) is 9.73. The van der Waals surface area contributed by atoms with Gasteiger partial charge in [0.05, 0.1) is 0 Å². The predicted octanol–water partition coefficient (Wildman–Crippen LogP) is 3.12. The number of hydrogen-bond donors (Lipinski definition) is 2. The Balaban J connectivity index is 0. The van der Waals surface area contributed by atoms with E-state index in [1.54, 1.807) is 13.8 Å². The van der Waals surface area contributed by atoms with Crippen molar-refractivity contribution in [2.45, 2.75) is 53.6 Å². The molecule has 0 fully saturated rings. The third kappa shape index (κ3) is 10.6. The quantitative estimate of drug-likeness (QED) is 0.381. The maximum absolute atomic E-state index is 8.67. The van der Waals surface area contributed by atoms with Gasteiger partial charge in [-0.2, -0.15) is 0 Å². The van der Waals surface area contributed by atoms with Gasteiger partial charge in [-0.05, 0) is 13.8 Å². The van der Waals surface area contributed by atoms with Crippen LogP contribution in [0.3, 0.4) is 0 Å². The van der Waals surface area contributed by atoms with Crippen LogP contribution in [0.15, 0.2) is 10.3 Å². The van der Waals surface area contributed by atoms with Gasteiger partial charge in [-0.15, -0.1) is 23.4 Å². The van der Waals surface area contributed by atoms with Gasteiger partial charge in [0.25, 0.3) is 0 Å². The molecule has 0 saturated heterocycles. The molecule has 0 bridgehead atoms. The van der Waals surface area contributed by atoms with Gasteiger partial charge in [-0.1, -0.05) is 45.2 Å². The second-order valence-electron chi connectivity index (χ2n) is 5.68. The van der Waals surface area contributed by atoms with E-state index in [0.29, 0.717) is 24.5 Å². The fourth-order valence-electron chi connectivity index (χ4n) is 1.25. The fourth-order valence-corrected chi connectivity index (χ4v) is 1.25. The molecule has 0 aromatic heterocycles. The summed E-state index contributed by atoms with van der Waals surface area (Å²) in [4.78, 5) is 0. The molecule has 8 heteroatoms. The summed E-state index contributed by atoms with van der Waals surface area (Å²) in [5.41, 5.74) is 1.13.